The third kappa shape index (κ3) is 2.95. The highest BCUT2D eigenvalue weighted by Gasteiger charge is 2.30. The number of rotatable bonds is 1. The minimum Gasteiger partial charge on any atom is -0.493 e. The third-order valence-corrected chi connectivity index (χ3v) is 3.12. The minimum atomic E-state index is -0.507. The van der Waals surface area contributed by atoms with E-state index in [1.165, 1.54) is 0 Å². The van der Waals surface area contributed by atoms with Gasteiger partial charge in [-0.3, -0.25) is 9.59 Å². The Bertz CT molecular complexity index is 502. The number of ketones is 1. The maximum Gasteiger partial charge on any atom is 0.225 e. The molecule has 0 spiro atoms. The third-order valence-electron chi connectivity index (χ3n) is 3.12. The summed E-state index contributed by atoms with van der Waals surface area (Å²) >= 11 is 0. The second-order valence-corrected chi connectivity index (χ2v) is 5.77. The highest BCUT2D eigenvalue weighted by molar-refractivity contribution is 6.04. The molecule has 1 heterocycles. The van der Waals surface area contributed by atoms with Gasteiger partial charge in [-0.2, -0.15) is 0 Å². The van der Waals surface area contributed by atoms with Crippen LogP contribution in [0.25, 0.3) is 0 Å². The van der Waals surface area contributed by atoms with Crippen molar-refractivity contribution >= 4 is 11.7 Å². The van der Waals surface area contributed by atoms with Crippen LogP contribution in [0, 0.1) is 5.41 Å². The van der Waals surface area contributed by atoms with Gasteiger partial charge >= 0.3 is 0 Å². The normalized spacial score (nSPS) is 19.1. The van der Waals surface area contributed by atoms with Gasteiger partial charge in [0.2, 0.25) is 5.91 Å². The van der Waals surface area contributed by atoms with Gasteiger partial charge in [0.1, 0.15) is 5.75 Å². The van der Waals surface area contributed by atoms with Gasteiger partial charge in [-0.25, -0.2) is 0 Å². The number of amides is 1. The van der Waals surface area contributed by atoms with Crippen molar-refractivity contribution in [1.82, 2.24) is 5.32 Å². The Labute approximate surface area is 113 Å². The summed E-state index contributed by atoms with van der Waals surface area (Å²) in [5.41, 5.74) is 0.0339. The van der Waals surface area contributed by atoms with E-state index in [-0.39, 0.29) is 11.7 Å². The second kappa shape index (κ2) is 5.03. The Balaban J connectivity index is 2.21. The number of para-hydroxylation sites is 1. The molecule has 0 bridgehead atoms. The van der Waals surface area contributed by atoms with E-state index in [0.29, 0.717) is 24.3 Å². The van der Waals surface area contributed by atoms with Crippen molar-refractivity contribution < 1.29 is 14.3 Å². The molecule has 19 heavy (non-hydrogen) atoms. The fraction of sp³-hybridized carbons (Fsp3) is 0.467. The lowest BCUT2D eigenvalue weighted by Gasteiger charge is -2.22. The maximum atomic E-state index is 12.4. The molecule has 0 radical (unpaired) electrons. The molecule has 1 aliphatic heterocycles. The van der Waals surface area contributed by atoms with Crippen molar-refractivity contribution in [1.29, 1.82) is 0 Å². The van der Waals surface area contributed by atoms with E-state index >= 15 is 0 Å². The molecule has 1 amide bonds. The lowest BCUT2D eigenvalue weighted by atomic mass is 9.94. The van der Waals surface area contributed by atoms with Crippen LogP contribution in [0.2, 0.25) is 0 Å². The molecule has 1 atom stereocenters. The molecule has 1 aromatic carbocycles. The molecular weight excluding hydrogens is 242 g/mol. The van der Waals surface area contributed by atoms with Gasteiger partial charge in [-0.05, 0) is 12.1 Å². The van der Waals surface area contributed by atoms with Crippen molar-refractivity contribution in [3.8, 4) is 5.75 Å². The summed E-state index contributed by atoms with van der Waals surface area (Å²) in [5, 5.41) is 2.82. The lowest BCUT2D eigenvalue weighted by molar-refractivity contribution is -0.129. The molecule has 4 nitrogen and oxygen atoms in total. The van der Waals surface area contributed by atoms with Crippen molar-refractivity contribution in [2.75, 3.05) is 6.61 Å². The first-order chi connectivity index (χ1) is 8.89. The number of Topliss-reactive ketones (excluding diaryl/α,β-unsaturated/α-hetero) is 1. The quantitative estimate of drug-likeness (QED) is 0.843. The number of benzene rings is 1. The SMILES string of the molecule is CC(C)(C)C(=O)NC1CCOc2ccccc2C1=O. The first-order valence-corrected chi connectivity index (χ1v) is 6.46. The predicted octanol–water partition coefficient (Wildman–Crippen LogP) is 2.18. The summed E-state index contributed by atoms with van der Waals surface area (Å²) in [5.74, 6) is 0.399. The molecule has 1 N–H and O–H groups in total. The molecule has 0 saturated carbocycles. The zero-order valence-electron chi connectivity index (χ0n) is 11.5. The van der Waals surface area contributed by atoms with Crippen LogP contribution in [0.5, 0.6) is 5.75 Å². The number of carbonyl (C=O) groups excluding carboxylic acids is 2. The summed E-state index contributed by atoms with van der Waals surface area (Å²) in [4.78, 5) is 24.4. The molecule has 1 unspecified atom stereocenters. The molecule has 0 saturated heterocycles. The summed E-state index contributed by atoms with van der Waals surface area (Å²) < 4.78 is 5.54. The molecule has 102 valence electrons. The van der Waals surface area contributed by atoms with Crippen molar-refractivity contribution in [2.24, 2.45) is 5.41 Å². The fourth-order valence-corrected chi connectivity index (χ4v) is 1.91. The largest absolute Gasteiger partial charge is 0.493 e. The Morgan fingerprint density at radius 3 is 2.68 bits per heavy atom. The fourth-order valence-electron chi connectivity index (χ4n) is 1.91. The highest BCUT2D eigenvalue weighted by Crippen LogP contribution is 2.24. The first-order valence-electron chi connectivity index (χ1n) is 6.46. The number of fused-ring (bicyclic) bond motifs is 1. The van der Waals surface area contributed by atoms with E-state index in [1.807, 2.05) is 26.8 Å². The molecule has 2 rings (SSSR count). The van der Waals surface area contributed by atoms with Crippen LogP contribution in [0.4, 0.5) is 0 Å². The van der Waals surface area contributed by atoms with Crippen LogP contribution in [0.1, 0.15) is 37.6 Å². The van der Waals surface area contributed by atoms with Crippen LogP contribution in [0.15, 0.2) is 24.3 Å². The molecule has 0 aliphatic carbocycles. The molecule has 1 aromatic rings. The predicted molar refractivity (Wildman–Crippen MR) is 72.3 cm³/mol. The Kier molecular flexibility index (Phi) is 3.60. The summed E-state index contributed by atoms with van der Waals surface area (Å²) in [6.45, 7) is 5.91. The Morgan fingerprint density at radius 1 is 1.32 bits per heavy atom. The van der Waals surface area contributed by atoms with E-state index in [9.17, 15) is 9.59 Å². The molecular formula is C15H19NO3. The number of hydrogen-bond donors (Lipinski definition) is 1. The zero-order valence-corrected chi connectivity index (χ0v) is 11.5. The number of carbonyl (C=O) groups is 2. The number of hydrogen-bond acceptors (Lipinski definition) is 3. The van der Waals surface area contributed by atoms with E-state index < -0.39 is 11.5 Å². The van der Waals surface area contributed by atoms with Crippen LogP contribution in [0.3, 0.4) is 0 Å². The monoisotopic (exact) mass is 261 g/mol. The Hall–Kier alpha value is -1.84. The molecule has 4 heteroatoms. The average Bonchev–Trinajstić information content (AvgIpc) is 2.50. The number of ether oxygens (including phenoxy) is 1. The van der Waals surface area contributed by atoms with E-state index in [2.05, 4.69) is 5.32 Å². The lowest BCUT2D eigenvalue weighted by Crippen LogP contribution is -2.45. The van der Waals surface area contributed by atoms with E-state index in [4.69, 9.17) is 4.74 Å². The molecule has 0 fully saturated rings. The van der Waals surface area contributed by atoms with Crippen LogP contribution in [-0.4, -0.2) is 24.3 Å². The van der Waals surface area contributed by atoms with Gasteiger partial charge in [0.15, 0.2) is 5.78 Å². The van der Waals surface area contributed by atoms with Crippen LogP contribution < -0.4 is 10.1 Å². The number of nitrogens with one attached hydrogen (secondary N) is 1. The minimum absolute atomic E-state index is 0.0781. The van der Waals surface area contributed by atoms with E-state index in [1.54, 1.807) is 18.2 Å². The van der Waals surface area contributed by atoms with Gasteiger partial charge in [0.25, 0.3) is 0 Å². The summed E-state index contributed by atoms with van der Waals surface area (Å²) in [6.07, 6.45) is 0.495. The molecule has 0 aromatic heterocycles. The van der Waals surface area contributed by atoms with Crippen LogP contribution in [-0.2, 0) is 4.79 Å². The van der Waals surface area contributed by atoms with Crippen LogP contribution >= 0.6 is 0 Å². The summed E-state index contributed by atoms with van der Waals surface area (Å²) in [7, 11) is 0. The van der Waals surface area contributed by atoms with E-state index in [0.717, 1.165) is 0 Å². The second-order valence-electron chi connectivity index (χ2n) is 5.77. The van der Waals surface area contributed by atoms with Gasteiger partial charge in [0.05, 0.1) is 18.2 Å². The highest BCUT2D eigenvalue weighted by atomic mass is 16.5. The molecule has 1 aliphatic rings. The van der Waals surface area contributed by atoms with Gasteiger partial charge in [-0.15, -0.1) is 0 Å². The van der Waals surface area contributed by atoms with Crippen molar-refractivity contribution in [3.63, 3.8) is 0 Å². The smallest absolute Gasteiger partial charge is 0.225 e. The zero-order chi connectivity index (χ0) is 14.0. The van der Waals surface area contributed by atoms with Crippen molar-refractivity contribution in [3.05, 3.63) is 29.8 Å². The summed E-state index contributed by atoms with van der Waals surface area (Å²) in [6, 6.07) is 6.64. The Morgan fingerprint density at radius 2 is 2.00 bits per heavy atom. The van der Waals surface area contributed by atoms with Crippen molar-refractivity contribution in [2.45, 2.75) is 33.2 Å². The first kappa shape index (κ1) is 13.6. The average molecular weight is 261 g/mol. The van der Waals surface area contributed by atoms with Gasteiger partial charge in [0, 0.05) is 11.8 Å². The standard InChI is InChI=1S/C15H19NO3/c1-15(2,3)14(18)16-11-8-9-19-12-7-5-4-6-10(12)13(11)17/h4-7,11H,8-9H2,1-3H3,(H,16,18). The van der Waals surface area contributed by atoms with Gasteiger partial charge in [-0.1, -0.05) is 32.9 Å². The topological polar surface area (TPSA) is 55.4 Å². The maximum absolute atomic E-state index is 12.4. The van der Waals surface area contributed by atoms with Gasteiger partial charge < -0.3 is 10.1 Å².